The number of carbonyl (C=O) groups excluding carboxylic acids is 1. The number of hydrogen-bond donors (Lipinski definition) is 1. The SMILES string of the molecule is Cn1c(SCC(=O)Nc2ccc(F)c(Cl)c2)nnc1-c1ccccc1. The molecule has 0 spiro atoms. The standard InChI is InChI=1S/C17H14ClFN4OS/c1-23-16(11-5-3-2-4-6-11)21-22-17(23)25-10-15(24)20-12-7-8-14(19)13(18)9-12/h2-9H,10H2,1H3,(H,20,24). The monoisotopic (exact) mass is 376 g/mol. The molecular weight excluding hydrogens is 363 g/mol. The van der Waals surface area contributed by atoms with Gasteiger partial charge in [0.1, 0.15) is 5.82 Å². The zero-order valence-electron chi connectivity index (χ0n) is 13.2. The Bertz CT molecular complexity index is 901. The average molecular weight is 377 g/mol. The number of rotatable bonds is 5. The van der Waals surface area contributed by atoms with Gasteiger partial charge in [-0.25, -0.2) is 4.39 Å². The fraction of sp³-hybridized carbons (Fsp3) is 0.118. The van der Waals surface area contributed by atoms with Crippen LogP contribution >= 0.6 is 23.4 Å². The van der Waals surface area contributed by atoms with Crippen LogP contribution in [0.5, 0.6) is 0 Å². The summed E-state index contributed by atoms with van der Waals surface area (Å²) in [6, 6.07) is 13.7. The summed E-state index contributed by atoms with van der Waals surface area (Å²) in [6.45, 7) is 0. The first-order valence-electron chi connectivity index (χ1n) is 7.37. The van der Waals surface area contributed by atoms with E-state index in [1.165, 1.54) is 30.0 Å². The van der Waals surface area contributed by atoms with E-state index in [0.717, 1.165) is 11.4 Å². The van der Waals surface area contributed by atoms with E-state index in [-0.39, 0.29) is 16.7 Å². The van der Waals surface area contributed by atoms with E-state index >= 15 is 0 Å². The number of hydrogen-bond acceptors (Lipinski definition) is 4. The van der Waals surface area contributed by atoms with Crippen molar-refractivity contribution >= 4 is 35.0 Å². The lowest BCUT2D eigenvalue weighted by molar-refractivity contribution is -0.113. The number of halogens is 2. The molecule has 3 aromatic rings. The fourth-order valence-corrected chi connectivity index (χ4v) is 3.07. The topological polar surface area (TPSA) is 59.8 Å². The smallest absolute Gasteiger partial charge is 0.234 e. The van der Waals surface area contributed by atoms with Crippen LogP contribution in [-0.2, 0) is 11.8 Å². The van der Waals surface area contributed by atoms with Crippen LogP contribution in [0.4, 0.5) is 10.1 Å². The van der Waals surface area contributed by atoms with Crippen LogP contribution in [0, 0.1) is 5.82 Å². The molecule has 0 unspecified atom stereocenters. The highest BCUT2D eigenvalue weighted by Gasteiger charge is 2.13. The molecule has 1 N–H and O–H groups in total. The van der Waals surface area contributed by atoms with Crippen LogP contribution in [-0.4, -0.2) is 26.4 Å². The van der Waals surface area contributed by atoms with Gasteiger partial charge in [0.15, 0.2) is 11.0 Å². The largest absolute Gasteiger partial charge is 0.325 e. The van der Waals surface area contributed by atoms with Gasteiger partial charge in [-0.1, -0.05) is 53.7 Å². The normalized spacial score (nSPS) is 10.7. The van der Waals surface area contributed by atoms with Crippen molar-refractivity contribution in [2.45, 2.75) is 5.16 Å². The number of aromatic nitrogens is 3. The summed E-state index contributed by atoms with van der Waals surface area (Å²) in [5.74, 6) is 0.114. The summed E-state index contributed by atoms with van der Waals surface area (Å²) in [5, 5.41) is 11.6. The maximum absolute atomic E-state index is 13.1. The maximum Gasteiger partial charge on any atom is 0.234 e. The summed E-state index contributed by atoms with van der Waals surface area (Å²) >= 11 is 6.97. The molecule has 25 heavy (non-hydrogen) atoms. The molecule has 0 aliphatic carbocycles. The summed E-state index contributed by atoms with van der Waals surface area (Å²) in [7, 11) is 1.85. The number of nitrogens with one attached hydrogen (secondary N) is 1. The number of carbonyl (C=O) groups is 1. The first-order valence-corrected chi connectivity index (χ1v) is 8.73. The zero-order valence-corrected chi connectivity index (χ0v) is 14.8. The maximum atomic E-state index is 13.1. The summed E-state index contributed by atoms with van der Waals surface area (Å²) in [5.41, 5.74) is 1.40. The van der Waals surface area contributed by atoms with Gasteiger partial charge in [0.2, 0.25) is 5.91 Å². The van der Waals surface area contributed by atoms with Crippen molar-refractivity contribution in [2.75, 3.05) is 11.1 Å². The predicted molar refractivity (Wildman–Crippen MR) is 97.2 cm³/mol. The molecule has 0 aliphatic rings. The van der Waals surface area contributed by atoms with Crippen LogP contribution < -0.4 is 5.32 Å². The van der Waals surface area contributed by atoms with Gasteiger partial charge in [-0.15, -0.1) is 10.2 Å². The molecule has 0 atom stereocenters. The first-order chi connectivity index (χ1) is 12.0. The Morgan fingerprint density at radius 1 is 1.24 bits per heavy atom. The molecule has 2 aromatic carbocycles. The number of anilines is 1. The van der Waals surface area contributed by atoms with E-state index in [9.17, 15) is 9.18 Å². The lowest BCUT2D eigenvalue weighted by Gasteiger charge is -2.06. The molecule has 0 saturated carbocycles. The Morgan fingerprint density at radius 3 is 2.72 bits per heavy atom. The second kappa shape index (κ2) is 7.67. The van der Waals surface area contributed by atoms with E-state index in [4.69, 9.17) is 11.6 Å². The Morgan fingerprint density at radius 2 is 2.00 bits per heavy atom. The van der Waals surface area contributed by atoms with Crippen molar-refractivity contribution in [3.63, 3.8) is 0 Å². The highest BCUT2D eigenvalue weighted by molar-refractivity contribution is 7.99. The van der Waals surface area contributed by atoms with Gasteiger partial charge in [-0.2, -0.15) is 0 Å². The van der Waals surface area contributed by atoms with E-state index in [2.05, 4.69) is 15.5 Å². The summed E-state index contributed by atoms with van der Waals surface area (Å²) in [6.07, 6.45) is 0. The molecule has 3 rings (SSSR count). The molecule has 0 bridgehead atoms. The van der Waals surface area contributed by atoms with Crippen LogP contribution in [0.15, 0.2) is 53.7 Å². The average Bonchev–Trinajstić information content (AvgIpc) is 2.98. The quantitative estimate of drug-likeness (QED) is 0.683. The van der Waals surface area contributed by atoms with Gasteiger partial charge in [0, 0.05) is 18.3 Å². The first kappa shape index (κ1) is 17.4. The Labute approximate surface area is 153 Å². The molecular formula is C17H14ClFN4OS. The molecule has 1 aromatic heterocycles. The minimum Gasteiger partial charge on any atom is -0.325 e. The molecule has 0 radical (unpaired) electrons. The predicted octanol–water partition coefficient (Wildman–Crippen LogP) is 4.01. The van der Waals surface area contributed by atoms with E-state index in [0.29, 0.717) is 10.8 Å². The summed E-state index contributed by atoms with van der Waals surface area (Å²) < 4.78 is 15.0. The number of nitrogens with zero attached hydrogens (tertiary/aromatic N) is 3. The molecule has 128 valence electrons. The Kier molecular flexibility index (Phi) is 5.35. The van der Waals surface area contributed by atoms with Gasteiger partial charge in [0.05, 0.1) is 10.8 Å². The fourth-order valence-electron chi connectivity index (χ4n) is 2.18. The van der Waals surface area contributed by atoms with Crippen molar-refractivity contribution in [1.82, 2.24) is 14.8 Å². The lowest BCUT2D eigenvalue weighted by Crippen LogP contribution is -2.14. The molecule has 0 fully saturated rings. The Balaban J connectivity index is 1.63. The lowest BCUT2D eigenvalue weighted by atomic mass is 10.2. The highest BCUT2D eigenvalue weighted by Crippen LogP contribution is 2.23. The van der Waals surface area contributed by atoms with Gasteiger partial charge >= 0.3 is 0 Å². The van der Waals surface area contributed by atoms with Crippen molar-refractivity contribution in [3.8, 4) is 11.4 Å². The van der Waals surface area contributed by atoms with Crippen LogP contribution in [0.2, 0.25) is 5.02 Å². The molecule has 5 nitrogen and oxygen atoms in total. The van der Waals surface area contributed by atoms with Gasteiger partial charge in [-0.3, -0.25) is 4.79 Å². The summed E-state index contributed by atoms with van der Waals surface area (Å²) in [4.78, 5) is 12.0. The van der Waals surface area contributed by atoms with Gasteiger partial charge in [-0.05, 0) is 18.2 Å². The highest BCUT2D eigenvalue weighted by atomic mass is 35.5. The second-order valence-corrected chi connectivity index (χ2v) is 6.55. The van der Waals surface area contributed by atoms with Crippen molar-refractivity contribution < 1.29 is 9.18 Å². The molecule has 1 heterocycles. The van der Waals surface area contributed by atoms with Crippen LogP contribution in [0.3, 0.4) is 0 Å². The van der Waals surface area contributed by atoms with Crippen molar-refractivity contribution in [1.29, 1.82) is 0 Å². The number of thioether (sulfide) groups is 1. The van der Waals surface area contributed by atoms with E-state index in [1.807, 2.05) is 41.9 Å². The van der Waals surface area contributed by atoms with Gasteiger partial charge < -0.3 is 9.88 Å². The third-order valence-corrected chi connectivity index (χ3v) is 4.71. The van der Waals surface area contributed by atoms with E-state index < -0.39 is 5.82 Å². The molecule has 8 heteroatoms. The van der Waals surface area contributed by atoms with E-state index in [1.54, 1.807) is 0 Å². The number of benzene rings is 2. The van der Waals surface area contributed by atoms with Crippen LogP contribution in [0.1, 0.15) is 0 Å². The second-order valence-electron chi connectivity index (χ2n) is 5.20. The molecule has 0 aliphatic heterocycles. The third-order valence-electron chi connectivity index (χ3n) is 3.40. The van der Waals surface area contributed by atoms with Crippen molar-refractivity contribution in [3.05, 3.63) is 59.4 Å². The molecule has 1 amide bonds. The molecule has 0 saturated heterocycles. The van der Waals surface area contributed by atoms with Crippen molar-refractivity contribution in [2.24, 2.45) is 7.05 Å². The zero-order chi connectivity index (χ0) is 17.8. The Hall–Kier alpha value is -2.38. The van der Waals surface area contributed by atoms with Gasteiger partial charge in [0.25, 0.3) is 0 Å². The minimum atomic E-state index is -0.526. The van der Waals surface area contributed by atoms with Crippen LogP contribution in [0.25, 0.3) is 11.4 Å². The minimum absolute atomic E-state index is 0.0359. The number of amides is 1. The third kappa shape index (κ3) is 4.18.